The van der Waals surface area contributed by atoms with Crippen LogP contribution in [0.2, 0.25) is 0 Å². The molecule has 0 radical (unpaired) electrons. The molecule has 21 heavy (non-hydrogen) atoms. The average Bonchev–Trinajstić information content (AvgIpc) is 2.86. The molecular formula is C17H22N2O2. The van der Waals surface area contributed by atoms with Gasteiger partial charge in [-0.3, -0.25) is 9.59 Å². The van der Waals surface area contributed by atoms with Crippen molar-refractivity contribution in [3.8, 4) is 0 Å². The lowest BCUT2D eigenvalue weighted by atomic mass is 9.84. The molecule has 4 nitrogen and oxygen atoms in total. The molecule has 0 spiro atoms. The number of carbonyl (C=O) groups excluding carboxylic acids is 2. The summed E-state index contributed by atoms with van der Waals surface area (Å²) < 4.78 is 0. The van der Waals surface area contributed by atoms with Crippen LogP contribution in [0.5, 0.6) is 0 Å². The van der Waals surface area contributed by atoms with Gasteiger partial charge in [0.15, 0.2) is 0 Å². The Morgan fingerprint density at radius 3 is 2.71 bits per heavy atom. The highest BCUT2D eigenvalue weighted by molar-refractivity contribution is 5.98. The quantitative estimate of drug-likeness (QED) is 0.906. The monoisotopic (exact) mass is 286 g/mol. The van der Waals surface area contributed by atoms with E-state index in [-0.39, 0.29) is 17.9 Å². The summed E-state index contributed by atoms with van der Waals surface area (Å²) in [6, 6.07) is 7.31. The van der Waals surface area contributed by atoms with Gasteiger partial charge in [-0.15, -0.1) is 0 Å². The first kappa shape index (κ1) is 14.1. The molecule has 1 saturated carbocycles. The molecule has 0 aromatic heterocycles. The third-order valence-corrected chi connectivity index (χ3v) is 4.92. The van der Waals surface area contributed by atoms with Crippen LogP contribution in [-0.2, 0) is 4.79 Å². The van der Waals surface area contributed by atoms with Crippen LogP contribution < -0.4 is 5.73 Å². The van der Waals surface area contributed by atoms with Gasteiger partial charge in [-0.05, 0) is 44.2 Å². The van der Waals surface area contributed by atoms with Gasteiger partial charge >= 0.3 is 0 Å². The lowest BCUT2D eigenvalue weighted by Gasteiger charge is -2.33. The molecule has 0 bridgehead atoms. The van der Waals surface area contributed by atoms with Crippen molar-refractivity contribution in [3.05, 3.63) is 35.4 Å². The zero-order valence-corrected chi connectivity index (χ0v) is 12.4. The molecular weight excluding hydrogens is 264 g/mol. The minimum absolute atomic E-state index is 0.0445. The maximum Gasteiger partial charge on any atom is 0.254 e. The fraction of sp³-hybridized carbons (Fsp3) is 0.529. The third-order valence-electron chi connectivity index (χ3n) is 4.92. The Hall–Kier alpha value is -1.84. The van der Waals surface area contributed by atoms with Gasteiger partial charge < -0.3 is 10.6 Å². The van der Waals surface area contributed by atoms with Crippen molar-refractivity contribution in [3.63, 3.8) is 0 Å². The van der Waals surface area contributed by atoms with Crippen LogP contribution in [0.3, 0.4) is 0 Å². The van der Waals surface area contributed by atoms with Crippen LogP contribution in [0.4, 0.5) is 0 Å². The minimum Gasteiger partial charge on any atom is -0.368 e. The molecule has 1 aromatic carbocycles. The van der Waals surface area contributed by atoms with Gasteiger partial charge in [0, 0.05) is 11.6 Å². The van der Waals surface area contributed by atoms with Gasteiger partial charge in [-0.2, -0.15) is 0 Å². The molecule has 2 N–H and O–H groups in total. The number of hydrogen-bond donors (Lipinski definition) is 1. The molecule has 112 valence electrons. The van der Waals surface area contributed by atoms with E-state index in [1.54, 1.807) is 4.90 Å². The third kappa shape index (κ3) is 2.55. The Labute approximate surface area is 125 Å². The van der Waals surface area contributed by atoms with E-state index in [2.05, 4.69) is 0 Å². The SMILES string of the molecule is Cc1cccc(C(=O)N2[C@@H](C(N)=O)C[C@@H]3CCCC[C@H]32)c1. The smallest absolute Gasteiger partial charge is 0.254 e. The van der Waals surface area contributed by atoms with E-state index in [1.807, 2.05) is 31.2 Å². The molecule has 1 aromatic rings. The number of benzene rings is 1. The molecule has 4 heteroatoms. The summed E-state index contributed by atoms with van der Waals surface area (Å²) in [6.07, 6.45) is 5.15. The van der Waals surface area contributed by atoms with E-state index in [1.165, 1.54) is 6.42 Å². The van der Waals surface area contributed by atoms with Crippen molar-refractivity contribution in [1.29, 1.82) is 0 Å². The van der Waals surface area contributed by atoms with E-state index in [0.29, 0.717) is 11.5 Å². The van der Waals surface area contributed by atoms with Gasteiger partial charge in [-0.25, -0.2) is 0 Å². The number of nitrogens with zero attached hydrogens (tertiary/aromatic N) is 1. The Bertz CT molecular complexity index is 570. The van der Waals surface area contributed by atoms with Gasteiger partial charge in [0.1, 0.15) is 6.04 Å². The first-order valence-electron chi connectivity index (χ1n) is 7.76. The summed E-state index contributed by atoms with van der Waals surface area (Å²) >= 11 is 0. The second-order valence-corrected chi connectivity index (χ2v) is 6.35. The number of rotatable bonds is 2. The van der Waals surface area contributed by atoms with Crippen LogP contribution in [0.15, 0.2) is 24.3 Å². The first-order valence-corrected chi connectivity index (χ1v) is 7.76. The number of amides is 2. The average molecular weight is 286 g/mol. The highest BCUT2D eigenvalue weighted by Crippen LogP contribution is 2.40. The van der Waals surface area contributed by atoms with Crippen molar-refractivity contribution in [2.24, 2.45) is 11.7 Å². The fourth-order valence-corrected chi connectivity index (χ4v) is 3.93. The summed E-state index contributed by atoms with van der Waals surface area (Å²) in [5, 5.41) is 0. The van der Waals surface area contributed by atoms with Crippen LogP contribution in [0.1, 0.15) is 48.0 Å². The van der Waals surface area contributed by atoms with Crippen molar-refractivity contribution >= 4 is 11.8 Å². The molecule has 3 atom stereocenters. The highest BCUT2D eigenvalue weighted by atomic mass is 16.2. The van der Waals surface area contributed by atoms with Crippen molar-refractivity contribution in [2.45, 2.75) is 51.1 Å². The van der Waals surface area contributed by atoms with Gasteiger partial charge in [-0.1, -0.05) is 30.5 Å². The summed E-state index contributed by atoms with van der Waals surface area (Å²) in [6.45, 7) is 1.97. The summed E-state index contributed by atoms with van der Waals surface area (Å²) in [5.41, 5.74) is 7.27. The number of hydrogen-bond acceptors (Lipinski definition) is 2. The highest BCUT2D eigenvalue weighted by Gasteiger charge is 2.46. The topological polar surface area (TPSA) is 63.4 Å². The van der Waals surface area contributed by atoms with Crippen LogP contribution in [-0.4, -0.2) is 28.8 Å². The molecule has 1 saturated heterocycles. The van der Waals surface area contributed by atoms with Crippen LogP contribution >= 0.6 is 0 Å². The Morgan fingerprint density at radius 1 is 1.24 bits per heavy atom. The number of primary amides is 1. The van der Waals surface area contributed by atoms with Crippen molar-refractivity contribution in [2.75, 3.05) is 0 Å². The minimum atomic E-state index is -0.439. The van der Waals surface area contributed by atoms with E-state index < -0.39 is 6.04 Å². The first-order chi connectivity index (χ1) is 10.1. The van der Waals surface area contributed by atoms with Crippen molar-refractivity contribution < 1.29 is 9.59 Å². The number of carbonyl (C=O) groups is 2. The Morgan fingerprint density at radius 2 is 2.00 bits per heavy atom. The number of nitrogens with two attached hydrogens (primary N) is 1. The predicted molar refractivity (Wildman–Crippen MR) is 80.7 cm³/mol. The molecule has 1 aliphatic heterocycles. The molecule has 2 amide bonds. The second-order valence-electron chi connectivity index (χ2n) is 6.35. The molecule has 2 fully saturated rings. The Kier molecular flexibility index (Phi) is 3.70. The zero-order valence-electron chi connectivity index (χ0n) is 12.4. The maximum atomic E-state index is 12.9. The Balaban J connectivity index is 1.92. The molecule has 3 rings (SSSR count). The number of aryl methyl sites for hydroxylation is 1. The standard InChI is InChI=1S/C17H22N2O2/c1-11-5-4-7-13(9-11)17(21)19-14-8-3-2-6-12(14)10-15(19)16(18)20/h4-5,7,9,12,14-15H,2-3,6,8,10H2,1H3,(H2,18,20)/t12-,14+,15+/m0/s1. The van der Waals surface area contributed by atoms with E-state index >= 15 is 0 Å². The fourth-order valence-electron chi connectivity index (χ4n) is 3.93. The lowest BCUT2D eigenvalue weighted by molar-refractivity contribution is -0.122. The van der Waals surface area contributed by atoms with E-state index in [0.717, 1.165) is 31.2 Å². The van der Waals surface area contributed by atoms with E-state index in [4.69, 9.17) is 5.73 Å². The molecule has 2 aliphatic rings. The summed E-state index contributed by atoms with van der Waals surface area (Å²) in [5.74, 6) is 0.0207. The summed E-state index contributed by atoms with van der Waals surface area (Å²) in [4.78, 5) is 26.5. The largest absolute Gasteiger partial charge is 0.368 e. The normalized spacial score (nSPS) is 28.2. The molecule has 1 heterocycles. The maximum absolute atomic E-state index is 12.9. The second kappa shape index (κ2) is 5.51. The van der Waals surface area contributed by atoms with Crippen LogP contribution in [0, 0.1) is 12.8 Å². The van der Waals surface area contributed by atoms with Gasteiger partial charge in [0.2, 0.25) is 5.91 Å². The molecule has 0 unspecified atom stereocenters. The molecule has 1 aliphatic carbocycles. The number of fused-ring (bicyclic) bond motifs is 1. The predicted octanol–water partition coefficient (Wildman–Crippen LogP) is 2.25. The zero-order chi connectivity index (χ0) is 15.0. The lowest BCUT2D eigenvalue weighted by Crippen LogP contribution is -2.48. The van der Waals surface area contributed by atoms with Crippen LogP contribution in [0.25, 0.3) is 0 Å². The van der Waals surface area contributed by atoms with Crippen molar-refractivity contribution in [1.82, 2.24) is 4.90 Å². The number of likely N-dealkylation sites (tertiary alicyclic amines) is 1. The van der Waals surface area contributed by atoms with Gasteiger partial charge in [0.05, 0.1) is 0 Å². The van der Waals surface area contributed by atoms with Gasteiger partial charge in [0.25, 0.3) is 5.91 Å². The summed E-state index contributed by atoms with van der Waals surface area (Å²) in [7, 11) is 0. The van der Waals surface area contributed by atoms with E-state index in [9.17, 15) is 9.59 Å².